The van der Waals surface area contributed by atoms with Crippen molar-refractivity contribution in [3.8, 4) is 5.75 Å². The fraction of sp³-hybridized carbons (Fsp3) is 0.455. The molecule has 106 valence electrons. The zero-order valence-electron chi connectivity index (χ0n) is 10.1. The van der Waals surface area contributed by atoms with Crippen molar-refractivity contribution in [3.05, 3.63) is 23.2 Å². The van der Waals surface area contributed by atoms with Crippen LogP contribution in [0.4, 0.5) is 0 Å². The van der Waals surface area contributed by atoms with Crippen LogP contribution in [0.15, 0.2) is 23.1 Å². The summed E-state index contributed by atoms with van der Waals surface area (Å²) in [7, 11) is -3.75. The smallest absolute Gasteiger partial charge is 0.238 e. The monoisotopic (exact) mass is 306 g/mol. The van der Waals surface area contributed by atoms with Crippen LogP contribution in [0, 0.1) is 0 Å². The van der Waals surface area contributed by atoms with Gasteiger partial charge in [-0.05, 0) is 18.2 Å². The van der Waals surface area contributed by atoms with Gasteiger partial charge in [-0.3, -0.25) is 0 Å². The molecule has 6 nitrogen and oxygen atoms in total. The molecule has 1 atom stereocenters. The standard InChI is InChI=1S/C11H15ClN2O4S/c12-10-5-9(19(13,15)16)1-2-11(10)18-7-8-6-14-3-4-17-8/h1-2,5,8,14H,3-4,6-7H2,(H2,13,15,16). The lowest BCUT2D eigenvalue weighted by atomic mass is 10.3. The minimum atomic E-state index is -3.75. The van der Waals surface area contributed by atoms with Crippen molar-refractivity contribution >= 4 is 21.6 Å². The van der Waals surface area contributed by atoms with Crippen molar-refractivity contribution in [2.75, 3.05) is 26.3 Å². The van der Waals surface area contributed by atoms with Gasteiger partial charge in [-0.1, -0.05) is 11.6 Å². The van der Waals surface area contributed by atoms with E-state index in [4.69, 9.17) is 26.2 Å². The first-order chi connectivity index (χ1) is 8.97. The number of morpholine rings is 1. The zero-order chi connectivity index (χ0) is 13.9. The number of halogens is 1. The lowest BCUT2D eigenvalue weighted by Crippen LogP contribution is -2.41. The van der Waals surface area contributed by atoms with Gasteiger partial charge in [0.1, 0.15) is 18.5 Å². The third-order valence-electron chi connectivity index (χ3n) is 2.66. The molecule has 8 heteroatoms. The second kappa shape index (κ2) is 6.06. The summed E-state index contributed by atoms with van der Waals surface area (Å²) in [5.41, 5.74) is 0. The first-order valence-electron chi connectivity index (χ1n) is 5.74. The number of sulfonamides is 1. The minimum Gasteiger partial charge on any atom is -0.489 e. The Bertz CT molecular complexity index is 544. The first kappa shape index (κ1) is 14.5. The van der Waals surface area contributed by atoms with E-state index in [1.807, 2.05) is 0 Å². The van der Waals surface area contributed by atoms with E-state index in [1.54, 1.807) is 0 Å². The van der Waals surface area contributed by atoms with Crippen LogP contribution in [-0.4, -0.2) is 40.8 Å². The predicted molar refractivity (Wildman–Crippen MR) is 70.9 cm³/mol. The van der Waals surface area contributed by atoms with E-state index >= 15 is 0 Å². The normalized spacial score (nSPS) is 20.2. The molecule has 3 N–H and O–H groups in total. The number of hydrogen-bond acceptors (Lipinski definition) is 5. The topological polar surface area (TPSA) is 90.7 Å². The molecule has 0 radical (unpaired) electrons. The van der Waals surface area contributed by atoms with Gasteiger partial charge in [0.15, 0.2) is 0 Å². The molecule has 1 aliphatic heterocycles. The average molecular weight is 307 g/mol. The summed E-state index contributed by atoms with van der Waals surface area (Å²) in [6, 6.07) is 4.11. The van der Waals surface area contributed by atoms with Crippen LogP contribution in [0.2, 0.25) is 5.02 Å². The predicted octanol–water partition coefficient (Wildman–Crippen LogP) is 0.355. The number of primary sulfonamides is 1. The van der Waals surface area contributed by atoms with Gasteiger partial charge in [0, 0.05) is 13.1 Å². The molecule has 0 spiro atoms. The molecule has 1 aromatic carbocycles. The fourth-order valence-electron chi connectivity index (χ4n) is 1.69. The molecule has 0 bridgehead atoms. The van der Waals surface area contributed by atoms with Gasteiger partial charge in [-0.2, -0.15) is 0 Å². The summed E-state index contributed by atoms with van der Waals surface area (Å²) >= 11 is 5.95. The van der Waals surface area contributed by atoms with Crippen LogP contribution < -0.4 is 15.2 Å². The second-order valence-electron chi connectivity index (χ2n) is 4.15. The number of nitrogens with two attached hydrogens (primary N) is 1. The molecule has 0 amide bonds. The highest BCUT2D eigenvalue weighted by Crippen LogP contribution is 2.27. The van der Waals surface area contributed by atoms with E-state index in [1.165, 1.54) is 18.2 Å². The SMILES string of the molecule is NS(=O)(=O)c1ccc(OCC2CNCCO2)c(Cl)c1. The van der Waals surface area contributed by atoms with Crippen molar-refractivity contribution in [2.45, 2.75) is 11.0 Å². The Morgan fingerprint density at radius 2 is 2.32 bits per heavy atom. The highest BCUT2D eigenvalue weighted by molar-refractivity contribution is 7.89. The van der Waals surface area contributed by atoms with E-state index in [0.717, 1.165) is 6.54 Å². The zero-order valence-corrected chi connectivity index (χ0v) is 11.7. The van der Waals surface area contributed by atoms with E-state index in [-0.39, 0.29) is 16.0 Å². The maximum Gasteiger partial charge on any atom is 0.238 e. The molecule has 1 unspecified atom stereocenters. The molecule has 1 saturated heterocycles. The number of rotatable bonds is 4. The Hall–Kier alpha value is -0.860. The molecule has 19 heavy (non-hydrogen) atoms. The summed E-state index contributed by atoms with van der Waals surface area (Å²) in [6.07, 6.45) is -0.0391. The van der Waals surface area contributed by atoms with E-state index in [2.05, 4.69) is 5.32 Å². The summed E-state index contributed by atoms with van der Waals surface area (Å²) in [5.74, 6) is 0.406. The van der Waals surface area contributed by atoms with Gasteiger partial charge < -0.3 is 14.8 Å². The molecule has 1 aromatic rings. The van der Waals surface area contributed by atoms with Crippen LogP contribution in [0.1, 0.15) is 0 Å². The fourth-order valence-corrected chi connectivity index (χ4v) is 2.52. The molecular weight excluding hydrogens is 292 g/mol. The molecular formula is C11H15ClN2O4S. The van der Waals surface area contributed by atoms with Crippen molar-refractivity contribution < 1.29 is 17.9 Å². The maximum absolute atomic E-state index is 11.2. The van der Waals surface area contributed by atoms with Crippen molar-refractivity contribution in [2.24, 2.45) is 5.14 Å². The largest absolute Gasteiger partial charge is 0.489 e. The number of benzene rings is 1. The van der Waals surface area contributed by atoms with Gasteiger partial charge in [0.2, 0.25) is 10.0 Å². The molecule has 0 aliphatic carbocycles. The third kappa shape index (κ3) is 4.05. The Morgan fingerprint density at radius 3 is 2.89 bits per heavy atom. The summed E-state index contributed by atoms with van der Waals surface area (Å²) in [6.45, 7) is 2.54. The molecule has 1 aliphatic rings. The molecule has 1 fully saturated rings. The van der Waals surface area contributed by atoms with E-state index < -0.39 is 10.0 Å². The van der Waals surface area contributed by atoms with Gasteiger partial charge in [-0.25, -0.2) is 13.6 Å². The van der Waals surface area contributed by atoms with Crippen LogP contribution in [-0.2, 0) is 14.8 Å². The van der Waals surface area contributed by atoms with Crippen LogP contribution in [0.3, 0.4) is 0 Å². The lowest BCUT2D eigenvalue weighted by Gasteiger charge is -2.23. The second-order valence-corrected chi connectivity index (χ2v) is 6.11. The highest BCUT2D eigenvalue weighted by Gasteiger charge is 2.16. The quantitative estimate of drug-likeness (QED) is 0.838. The van der Waals surface area contributed by atoms with Crippen molar-refractivity contribution in [1.82, 2.24) is 5.32 Å². The molecule has 2 rings (SSSR count). The Labute approximate surface area is 116 Å². The summed E-state index contributed by atoms with van der Waals surface area (Å²) in [5, 5.41) is 8.40. The minimum absolute atomic E-state index is 0.0391. The molecule has 0 aromatic heterocycles. The first-order valence-corrected chi connectivity index (χ1v) is 7.67. The Balaban J connectivity index is 2.01. The number of ether oxygens (including phenoxy) is 2. The number of nitrogens with one attached hydrogen (secondary N) is 1. The Kier molecular flexibility index (Phi) is 4.64. The molecule has 0 saturated carbocycles. The summed E-state index contributed by atoms with van der Waals surface area (Å²) < 4.78 is 33.3. The Morgan fingerprint density at radius 1 is 1.53 bits per heavy atom. The van der Waals surface area contributed by atoms with E-state index in [9.17, 15) is 8.42 Å². The maximum atomic E-state index is 11.2. The van der Waals surface area contributed by atoms with Crippen LogP contribution in [0.5, 0.6) is 5.75 Å². The van der Waals surface area contributed by atoms with E-state index in [0.29, 0.717) is 25.5 Å². The highest BCUT2D eigenvalue weighted by atomic mass is 35.5. The lowest BCUT2D eigenvalue weighted by molar-refractivity contribution is 0.000207. The number of hydrogen-bond donors (Lipinski definition) is 2. The average Bonchev–Trinajstić information content (AvgIpc) is 2.37. The van der Waals surface area contributed by atoms with Crippen LogP contribution in [0.25, 0.3) is 0 Å². The third-order valence-corrected chi connectivity index (χ3v) is 3.87. The summed E-state index contributed by atoms with van der Waals surface area (Å²) in [4.78, 5) is -0.0413. The van der Waals surface area contributed by atoms with Gasteiger partial charge in [0.05, 0.1) is 16.5 Å². The van der Waals surface area contributed by atoms with Gasteiger partial charge in [-0.15, -0.1) is 0 Å². The van der Waals surface area contributed by atoms with Crippen molar-refractivity contribution in [3.63, 3.8) is 0 Å². The van der Waals surface area contributed by atoms with Crippen LogP contribution >= 0.6 is 11.6 Å². The van der Waals surface area contributed by atoms with Gasteiger partial charge >= 0.3 is 0 Å². The van der Waals surface area contributed by atoms with Crippen molar-refractivity contribution in [1.29, 1.82) is 0 Å². The molecule has 1 heterocycles. The van der Waals surface area contributed by atoms with Gasteiger partial charge in [0.25, 0.3) is 0 Å².